The van der Waals surface area contributed by atoms with Gasteiger partial charge in [0.05, 0.1) is 16.1 Å². The third-order valence-electron chi connectivity index (χ3n) is 2.88. The Hall–Kier alpha value is -0.770. The van der Waals surface area contributed by atoms with Gasteiger partial charge in [0.2, 0.25) is 0 Å². The largest absolute Gasteiger partial charge is 0.480 e. The Morgan fingerprint density at radius 2 is 1.90 bits per heavy atom. The maximum Gasteiger partial charge on any atom is 0.337 e. The van der Waals surface area contributed by atoms with E-state index in [2.05, 4.69) is 9.47 Å². The number of benzene rings is 1. The van der Waals surface area contributed by atoms with Crippen LogP contribution in [0.2, 0.25) is 0 Å². The fourth-order valence-corrected chi connectivity index (χ4v) is 3.01. The lowest BCUT2D eigenvalue weighted by molar-refractivity contribution is -0.116. The summed E-state index contributed by atoms with van der Waals surface area (Å²) in [5.74, 6) is 0.447. The van der Waals surface area contributed by atoms with Crippen molar-refractivity contribution < 1.29 is 27.7 Å². The van der Waals surface area contributed by atoms with Crippen molar-refractivity contribution in [2.75, 3.05) is 27.5 Å². The van der Waals surface area contributed by atoms with Gasteiger partial charge in [-0.05, 0) is 17.7 Å². The quantitative estimate of drug-likeness (QED) is 0.647. The molecule has 0 saturated carbocycles. The Morgan fingerprint density at radius 3 is 2.43 bits per heavy atom. The van der Waals surface area contributed by atoms with E-state index < -0.39 is 7.60 Å². The third-order valence-corrected chi connectivity index (χ3v) is 4.99. The van der Waals surface area contributed by atoms with E-state index in [9.17, 15) is 9.36 Å². The van der Waals surface area contributed by atoms with Crippen LogP contribution in [0.15, 0.2) is 18.2 Å². The molecular formula is C13H20O6P2. The monoisotopic (exact) mass is 334 g/mol. The maximum absolute atomic E-state index is 12.0. The minimum atomic E-state index is -3.32. The van der Waals surface area contributed by atoms with Crippen molar-refractivity contribution in [2.45, 2.75) is 13.0 Å². The Balaban J connectivity index is 2.81. The summed E-state index contributed by atoms with van der Waals surface area (Å²) in [6.45, 7) is 0.375. The molecule has 6 nitrogen and oxygen atoms in total. The summed E-state index contributed by atoms with van der Waals surface area (Å²) in [6, 6.07) is 5.36. The van der Waals surface area contributed by atoms with E-state index >= 15 is 0 Å². The fourth-order valence-electron chi connectivity index (χ4n) is 1.83. The molecule has 118 valence electrons. The molecule has 0 heterocycles. The van der Waals surface area contributed by atoms with Crippen LogP contribution < -0.4 is 4.52 Å². The second kappa shape index (κ2) is 8.62. The zero-order chi connectivity index (χ0) is 15.9. The Kier molecular flexibility index (Phi) is 7.50. The zero-order valence-electron chi connectivity index (χ0n) is 12.3. The number of hydrogen-bond donors (Lipinski definition) is 0. The first-order valence-electron chi connectivity index (χ1n) is 6.17. The summed E-state index contributed by atoms with van der Waals surface area (Å²) in [7, 11) is 2.96. The van der Waals surface area contributed by atoms with Gasteiger partial charge in [-0.2, -0.15) is 0 Å². The van der Waals surface area contributed by atoms with Crippen LogP contribution in [0.3, 0.4) is 0 Å². The highest BCUT2D eigenvalue weighted by molar-refractivity contribution is 7.54. The van der Waals surface area contributed by atoms with Crippen molar-refractivity contribution in [1.29, 1.82) is 0 Å². The molecule has 0 radical (unpaired) electrons. The van der Waals surface area contributed by atoms with Gasteiger partial charge in [-0.25, -0.2) is 0 Å². The first-order valence-corrected chi connectivity index (χ1v) is 8.37. The highest BCUT2D eigenvalue weighted by Gasteiger charge is 2.25. The van der Waals surface area contributed by atoms with Gasteiger partial charge in [-0.15, -0.1) is 0 Å². The predicted octanol–water partition coefficient (Wildman–Crippen LogP) is 2.60. The molecule has 0 amide bonds. The number of ether oxygens (including phenoxy) is 1. The van der Waals surface area contributed by atoms with Gasteiger partial charge in [-0.3, -0.25) is 9.36 Å². The Morgan fingerprint density at radius 1 is 1.24 bits per heavy atom. The van der Waals surface area contributed by atoms with Gasteiger partial charge in [0.15, 0.2) is 0 Å². The normalized spacial score (nSPS) is 11.4. The summed E-state index contributed by atoms with van der Waals surface area (Å²) >= 11 is 0. The van der Waals surface area contributed by atoms with Crippen LogP contribution in [0.4, 0.5) is 0 Å². The second-order valence-corrected chi connectivity index (χ2v) is 6.85. The molecule has 8 heteroatoms. The number of Topliss-reactive ketones (excluding diaryl/α,β-unsaturated/α-hetero) is 1. The second-order valence-electron chi connectivity index (χ2n) is 4.34. The van der Waals surface area contributed by atoms with E-state index in [-0.39, 0.29) is 18.4 Å². The van der Waals surface area contributed by atoms with E-state index in [1.807, 2.05) is 6.07 Å². The summed E-state index contributed by atoms with van der Waals surface area (Å²) in [5.41, 5.74) is 1.62. The molecule has 1 unspecified atom stereocenters. The van der Waals surface area contributed by atoms with E-state index in [1.165, 1.54) is 14.2 Å². The molecule has 1 rings (SSSR count). The minimum Gasteiger partial charge on any atom is -0.480 e. The number of carbonyl (C=O) groups excluding carboxylic acids is 1. The standard InChI is InChI=1S/C13H20O6P2/c1-16-8-11-6-10(4-5-13(11)19-20)7-12(14)9-21(15,17-2)18-3/h4-6H,7-9,20H2,1-3H3. The third kappa shape index (κ3) is 5.50. The summed E-state index contributed by atoms with van der Waals surface area (Å²) in [4.78, 5) is 12.0. The smallest absolute Gasteiger partial charge is 0.337 e. The number of rotatable bonds is 9. The molecule has 0 aliphatic rings. The van der Waals surface area contributed by atoms with Crippen LogP contribution in [0, 0.1) is 0 Å². The van der Waals surface area contributed by atoms with Gasteiger partial charge in [0.1, 0.15) is 17.7 Å². The van der Waals surface area contributed by atoms with Crippen molar-refractivity contribution >= 4 is 22.8 Å². The van der Waals surface area contributed by atoms with Crippen LogP contribution >= 0.6 is 17.1 Å². The molecule has 0 N–H and O–H groups in total. The summed E-state index contributed by atoms with van der Waals surface area (Å²) in [6.07, 6.45) is -0.105. The van der Waals surface area contributed by atoms with Crippen molar-refractivity contribution in [3.05, 3.63) is 29.3 Å². The number of carbonyl (C=O) groups is 1. The SMILES string of the molecule is COCc1cc(CC(=O)CP(=O)(OC)OC)ccc1OP. The molecule has 0 bridgehead atoms. The van der Waals surface area contributed by atoms with Crippen LogP contribution in [0.5, 0.6) is 5.75 Å². The van der Waals surface area contributed by atoms with E-state index in [0.29, 0.717) is 12.4 Å². The molecule has 0 saturated heterocycles. The van der Waals surface area contributed by atoms with Gasteiger partial charge < -0.3 is 18.3 Å². The van der Waals surface area contributed by atoms with Crippen molar-refractivity contribution in [3.8, 4) is 5.75 Å². The topological polar surface area (TPSA) is 71.1 Å². The van der Waals surface area contributed by atoms with E-state index in [1.54, 1.807) is 19.2 Å². The van der Waals surface area contributed by atoms with Gasteiger partial charge in [0, 0.05) is 33.3 Å². The maximum atomic E-state index is 12.0. The average molecular weight is 334 g/mol. The van der Waals surface area contributed by atoms with Gasteiger partial charge in [-0.1, -0.05) is 6.07 Å². The molecule has 1 aromatic carbocycles. The molecule has 21 heavy (non-hydrogen) atoms. The number of hydrogen-bond acceptors (Lipinski definition) is 6. The molecule has 0 fully saturated rings. The number of methoxy groups -OCH3 is 1. The predicted molar refractivity (Wildman–Crippen MR) is 82.7 cm³/mol. The van der Waals surface area contributed by atoms with Gasteiger partial charge >= 0.3 is 7.60 Å². The molecule has 0 spiro atoms. The average Bonchev–Trinajstić information content (AvgIpc) is 2.47. The summed E-state index contributed by atoms with van der Waals surface area (Å²) < 4.78 is 31.7. The van der Waals surface area contributed by atoms with E-state index in [4.69, 9.17) is 18.3 Å². The van der Waals surface area contributed by atoms with Gasteiger partial charge in [0.25, 0.3) is 0 Å². The lowest BCUT2D eigenvalue weighted by Crippen LogP contribution is -2.11. The Bertz CT molecular complexity index is 523. The number of ketones is 1. The molecule has 0 aromatic heterocycles. The fraction of sp³-hybridized carbons (Fsp3) is 0.462. The Labute approximate surface area is 126 Å². The van der Waals surface area contributed by atoms with Crippen LogP contribution in [0.25, 0.3) is 0 Å². The molecule has 1 aromatic rings. The summed E-state index contributed by atoms with van der Waals surface area (Å²) in [5, 5.41) is 0. The highest BCUT2D eigenvalue weighted by Crippen LogP contribution is 2.46. The van der Waals surface area contributed by atoms with Crippen LogP contribution in [-0.4, -0.2) is 33.3 Å². The van der Waals surface area contributed by atoms with Crippen molar-refractivity contribution in [1.82, 2.24) is 0 Å². The molecule has 0 aliphatic heterocycles. The minimum absolute atomic E-state index is 0.143. The van der Waals surface area contributed by atoms with Crippen molar-refractivity contribution in [3.63, 3.8) is 0 Å². The van der Waals surface area contributed by atoms with Crippen molar-refractivity contribution in [2.24, 2.45) is 0 Å². The lowest BCUT2D eigenvalue weighted by Gasteiger charge is -2.13. The van der Waals surface area contributed by atoms with Crippen LogP contribution in [0.1, 0.15) is 11.1 Å². The highest BCUT2D eigenvalue weighted by atomic mass is 31.2. The molecule has 1 atom stereocenters. The first kappa shape index (κ1) is 18.3. The van der Waals surface area contributed by atoms with E-state index in [0.717, 1.165) is 11.1 Å². The van der Waals surface area contributed by atoms with Crippen LogP contribution in [-0.2, 0) is 36.2 Å². The molecular weight excluding hydrogens is 314 g/mol. The molecule has 0 aliphatic carbocycles. The first-order chi connectivity index (χ1) is 9.97. The lowest BCUT2D eigenvalue weighted by atomic mass is 10.1. The zero-order valence-corrected chi connectivity index (χ0v) is 14.4.